The molecule has 0 spiro atoms. The van der Waals surface area contributed by atoms with Crippen LogP contribution in [0.5, 0.6) is 5.75 Å². The molecule has 1 amide bonds. The summed E-state index contributed by atoms with van der Waals surface area (Å²) in [4.78, 5) is 29.3. The second-order valence-electron chi connectivity index (χ2n) is 6.10. The number of thiazole rings is 1. The van der Waals surface area contributed by atoms with E-state index in [4.69, 9.17) is 4.74 Å². The molecular weight excluding hydrogens is 364 g/mol. The lowest BCUT2D eigenvalue weighted by Crippen LogP contribution is -2.19. The van der Waals surface area contributed by atoms with Crippen LogP contribution in [-0.2, 0) is 11.2 Å². The van der Waals surface area contributed by atoms with E-state index in [2.05, 4.69) is 15.4 Å². The Hall–Kier alpha value is -2.87. The number of aryl methyl sites for hydroxylation is 2. The normalized spacial score (nSPS) is 10.8. The predicted octanol–water partition coefficient (Wildman–Crippen LogP) is 3.21. The summed E-state index contributed by atoms with van der Waals surface area (Å²) in [5.41, 5.74) is 2.67. The summed E-state index contributed by atoms with van der Waals surface area (Å²) in [6.45, 7) is 6.12. The summed E-state index contributed by atoms with van der Waals surface area (Å²) in [7, 11) is 0. The van der Waals surface area contributed by atoms with Gasteiger partial charge in [-0.3, -0.25) is 14.7 Å². The van der Waals surface area contributed by atoms with E-state index in [-0.39, 0.29) is 17.9 Å². The minimum Gasteiger partial charge on any atom is -0.492 e. The molecule has 27 heavy (non-hydrogen) atoms. The number of rotatable bonds is 7. The van der Waals surface area contributed by atoms with Crippen LogP contribution >= 0.6 is 11.3 Å². The smallest absolute Gasteiger partial charge is 0.276 e. The van der Waals surface area contributed by atoms with Gasteiger partial charge < -0.3 is 10.1 Å². The molecule has 0 saturated carbocycles. The number of amides is 1. The fourth-order valence-electron chi connectivity index (χ4n) is 2.76. The zero-order valence-corrected chi connectivity index (χ0v) is 16.4. The van der Waals surface area contributed by atoms with Gasteiger partial charge >= 0.3 is 0 Å². The van der Waals surface area contributed by atoms with Crippen LogP contribution in [0.15, 0.2) is 34.4 Å². The molecule has 3 aromatic rings. The maximum absolute atomic E-state index is 12.7. The molecule has 0 bridgehead atoms. The lowest BCUT2D eigenvalue weighted by atomic mass is 10.1. The minimum absolute atomic E-state index is 0.163. The van der Waals surface area contributed by atoms with Crippen LogP contribution in [0.1, 0.15) is 30.3 Å². The Bertz CT molecular complexity index is 1000. The van der Waals surface area contributed by atoms with Gasteiger partial charge in [0.15, 0.2) is 0 Å². The molecule has 0 aliphatic rings. The first-order chi connectivity index (χ1) is 13.0. The second kappa shape index (κ2) is 8.22. The van der Waals surface area contributed by atoms with E-state index in [9.17, 15) is 9.59 Å². The summed E-state index contributed by atoms with van der Waals surface area (Å²) < 4.78 is 6.95. The maximum atomic E-state index is 12.7. The van der Waals surface area contributed by atoms with Gasteiger partial charge in [0.2, 0.25) is 11.0 Å². The number of nitrogens with one attached hydrogen (secondary N) is 2. The first kappa shape index (κ1) is 18.9. The van der Waals surface area contributed by atoms with Gasteiger partial charge in [0, 0.05) is 23.1 Å². The van der Waals surface area contributed by atoms with Gasteiger partial charge in [-0.2, -0.15) is 4.68 Å². The van der Waals surface area contributed by atoms with Crippen molar-refractivity contribution < 1.29 is 9.53 Å². The SMILES string of the molecule is CCOc1ccccc1NC(=O)CCc1c(C)[nH]n(-c2nc(C)cs2)c1=O. The molecule has 0 radical (unpaired) electrons. The van der Waals surface area contributed by atoms with Gasteiger partial charge in [-0.1, -0.05) is 12.1 Å². The van der Waals surface area contributed by atoms with E-state index >= 15 is 0 Å². The van der Waals surface area contributed by atoms with Crippen molar-refractivity contribution in [1.29, 1.82) is 0 Å². The average Bonchev–Trinajstić information content (AvgIpc) is 3.18. The van der Waals surface area contributed by atoms with Gasteiger partial charge in [-0.25, -0.2) is 4.98 Å². The minimum atomic E-state index is -0.168. The van der Waals surface area contributed by atoms with Crippen LogP contribution in [0, 0.1) is 13.8 Å². The summed E-state index contributed by atoms with van der Waals surface area (Å²) in [6, 6.07) is 7.29. The van der Waals surface area contributed by atoms with E-state index in [1.807, 2.05) is 44.4 Å². The zero-order valence-electron chi connectivity index (χ0n) is 15.5. The Balaban J connectivity index is 1.69. The van der Waals surface area contributed by atoms with Crippen LogP contribution in [-0.4, -0.2) is 27.3 Å². The molecule has 2 heterocycles. The number of carbonyl (C=O) groups excluding carboxylic acids is 1. The van der Waals surface area contributed by atoms with Gasteiger partial charge in [-0.15, -0.1) is 11.3 Å². The number of aromatic amines is 1. The predicted molar refractivity (Wildman–Crippen MR) is 106 cm³/mol. The van der Waals surface area contributed by atoms with E-state index in [0.717, 1.165) is 11.4 Å². The molecule has 142 valence electrons. The molecule has 0 aliphatic carbocycles. The molecule has 1 aromatic carbocycles. The molecule has 2 aromatic heterocycles. The number of para-hydroxylation sites is 2. The third-order valence-electron chi connectivity index (χ3n) is 4.05. The average molecular weight is 386 g/mol. The lowest BCUT2D eigenvalue weighted by Gasteiger charge is -2.11. The van der Waals surface area contributed by atoms with E-state index in [1.54, 1.807) is 6.07 Å². The molecule has 3 rings (SSSR count). The monoisotopic (exact) mass is 386 g/mol. The van der Waals surface area contributed by atoms with E-state index < -0.39 is 0 Å². The fraction of sp³-hybridized carbons (Fsp3) is 0.316. The first-order valence-corrected chi connectivity index (χ1v) is 9.62. The zero-order chi connectivity index (χ0) is 19.4. The van der Waals surface area contributed by atoms with Gasteiger partial charge in [-0.05, 0) is 39.3 Å². The van der Waals surface area contributed by atoms with Crippen LogP contribution in [0.3, 0.4) is 0 Å². The van der Waals surface area contributed by atoms with E-state index in [1.165, 1.54) is 16.0 Å². The number of hydrogen-bond donors (Lipinski definition) is 2. The number of anilines is 1. The Morgan fingerprint density at radius 3 is 2.81 bits per heavy atom. The molecule has 0 aliphatic heterocycles. The number of ether oxygens (including phenoxy) is 1. The third-order valence-corrected chi connectivity index (χ3v) is 5.00. The highest BCUT2D eigenvalue weighted by molar-refractivity contribution is 7.12. The highest BCUT2D eigenvalue weighted by Crippen LogP contribution is 2.24. The lowest BCUT2D eigenvalue weighted by molar-refractivity contribution is -0.116. The highest BCUT2D eigenvalue weighted by atomic mass is 32.1. The number of H-pyrrole nitrogens is 1. The fourth-order valence-corrected chi connectivity index (χ4v) is 3.52. The van der Waals surface area contributed by atoms with Gasteiger partial charge in [0.1, 0.15) is 5.75 Å². The molecule has 2 N–H and O–H groups in total. The van der Waals surface area contributed by atoms with Crippen molar-refractivity contribution in [1.82, 2.24) is 14.8 Å². The van der Waals surface area contributed by atoms with Crippen molar-refractivity contribution in [3.8, 4) is 10.9 Å². The van der Waals surface area contributed by atoms with Crippen LogP contribution in [0.4, 0.5) is 5.69 Å². The standard InChI is InChI=1S/C19H22N4O3S/c1-4-26-16-8-6-5-7-15(16)21-17(24)10-9-14-13(3)22-23(18(14)25)19-20-12(2)11-27-19/h5-8,11,22H,4,9-10H2,1-3H3,(H,21,24). The largest absolute Gasteiger partial charge is 0.492 e. The van der Waals surface area contributed by atoms with Crippen molar-refractivity contribution in [2.45, 2.75) is 33.6 Å². The number of carbonyl (C=O) groups is 1. The van der Waals surface area contributed by atoms with Crippen molar-refractivity contribution in [2.24, 2.45) is 0 Å². The van der Waals surface area contributed by atoms with Crippen LogP contribution in [0.2, 0.25) is 0 Å². The highest BCUT2D eigenvalue weighted by Gasteiger charge is 2.16. The Labute approximate surface area is 161 Å². The second-order valence-corrected chi connectivity index (χ2v) is 6.94. The number of nitrogens with zero attached hydrogens (tertiary/aromatic N) is 2. The molecule has 0 unspecified atom stereocenters. The number of aromatic nitrogens is 3. The van der Waals surface area contributed by atoms with E-state index in [0.29, 0.717) is 35.2 Å². The van der Waals surface area contributed by atoms with Crippen LogP contribution in [0.25, 0.3) is 5.13 Å². The summed E-state index contributed by atoms with van der Waals surface area (Å²) in [5.74, 6) is 0.464. The van der Waals surface area contributed by atoms with Crippen molar-refractivity contribution in [3.05, 3.63) is 57.0 Å². The molecule has 7 nitrogen and oxygen atoms in total. The van der Waals surface area contributed by atoms with Crippen LogP contribution < -0.4 is 15.6 Å². The number of hydrogen-bond acceptors (Lipinski definition) is 5. The quantitative estimate of drug-likeness (QED) is 0.652. The van der Waals surface area contributed by atoms with Gasteiger partial charge in [0.25, 0.3) is 5.56 Å². The molecule has 8 heteroatoms. The third kappa shape index (κ3) is 4.28. The van der Waals surface area contributed by atoms with Crippen molar-refractivity contribution >= 4 is 22.9 Å². The summed E-state index contributed by atoms with van der Waals surface area (Å²) in [5, 5.41) is 8.38. The van der Waals surface area contributed by atoms with Crippen molar-refractivity contribution in [3.63, 3.8) is 0 Å². The Morgan fingerprint density at radius 2 is 2.11 bits per heavy atom. The summed E-state index contributed by atoms with van der Waals surface area (Å²) >= 11 is 1.40. The maximum Gasteiger partial charge on any atom is 0.276 e. The van der Waals surface area contributed by atoms with Crippen molar-refractivity contribution in [2.75, 3.05) is 11.9 Å². The molecule has 0 fully saturated rings. The first-order valence-electron chi connectivity index (χ1n) is 8.74. The topological polar surface area (TPSA) is 89.0 Å². The van der Waals surface area contributed by atoms with Gasteiger partial charge in [0.05, 0.1) is 18.0 Å². The summed E-state index contributed by atoms with van der Waals surface area (Å²) in [6.07, 6.45) is 0.548. The molecular formula is C19H22N4O3S. The Morgan fingerprint density at radius 1 is 1.33 bits per heavy atom. The molecule has 0 saturated heterocycles. The number of benzene rings is 1. The molecule has 0 atom stereocenters. The Kier molecular flexibility index (Phi) is 5.75.